The van der Waals surface area contributed by atoms with Crippen LogP contribution < -0.4 is 10.0 Å². The van der Waals surface area contributed by atoms with Crippen LogP contribution in [-0.4, -0.2) is 20.9 Å². The third kappa shape index (κ3) is 4.34. The minimum Gasteiger partial charge on any atom is -0.320 e. The first-order valence-corrected chi connectivity index (χ1v) is 8.95. The SMILES string of the molecule is CCc1ccc(S(=O)(=O)NCC(=O)Nc2c(F)cccc2F)s1. The van der Waals surface area contributed by atoms with Crippen molar-refractivity contribution >= 4 is 33.0 Å². The standard InChI is InChI=1S/C14H14F2N2O3S2/c1-2-9-6-7-13(22-9)23(20,21)17-8-12(19)18-14-10(15)4-3-5-11(14)16/h3-7,17H,2,8H2,1H3,(H,18,19). The zero-order valence-corrected chi connectivity index (χ0v) is 13.7. The van der Waals surface area contributed by atoms with Gasteiger partial charge < -0.3 is 5.32 Å². The molecule has 9 heteroatoms. The number of nitrogens with one attached hydrogen (secondary N) is 2. The number of para-hydroxylation sites is 1. The Balaban J connectivity index is 2.01. The van der Waals surface area contributed by atoms with Crippen molar-refractivity contribution in [3.8, 4) is 0 Å². The van der Waals surface area contributed by atoms with E-state index < -0.39 is 39.8 Å². The van der Waals surface area contributed by atoms with Crippen LogP contribution in [-0.2, 0) is 21.2 Å². The molecule has 1 amide bonds. The number of carbonyl (C=O) groups is 1. The number of amides is 1. The molecule has 23 heavy (non-hydrogen) atoms. The number of rotatable bonds is 6. The Kier molecular flexibility index (Phi) is 5.45. The molecule has 0 fully saturated rings. The predicted octanol–water partition coefficient (Wildman–Crippen LogP) is 2.51. The van der Waals surface area contributed by atoms with Crippen LogP contribution in [0.4, 0.5) is 14.5 Å². The molecule has 0 aliphatic heterocycles. The van der Waals surface area contributed by atoms with Crippen molar-refractivity contribution in [2.45, 2.75) is 17.6 Å². The molecule has 0 aliphatic carbocycles. The maximum absolute atomic E-state index is 13.4. The summed E-state index contributed by atoms with van der Waals surface area (Å²) in [7, 11) is -3.84. The molecule has 1 aromatic carbocycles. The number of hydrogen-bond donors (Lipinski definition) is 2. The lowest BCUT2D eigenvalue weighted by molar-refractivity contribution is -0.115. The number of hydrogen-bond acceptors (Lipinski definition) is 4. The summed E-state index contributed by atoms with van der Waals surface area (Å²) in [5, 5.41) is 2.01. The number of sulfonamides is 1. The molecule has 5 nitrogen and oxygen atoms in total. The van der Waals surface area contributed by atoms with Crippen LogP contribution in [0.5, 0.6) is 0 Å². The van der Waals surface area contributed by atoms with E-state index in [2.05, 4.69) is 4.72 Å². The first kappa shape index (κ1) is 17.5. The summed E-state index contributed by atoms with van der Waals surface area (Å²) in [5.74, 6) is -2.75. The Morgan fingerprint density at radius 3 is 2.39 bits per heavy atom. The molecule has 1 heterocycles. The van der Waals surface area contributed by atoms with Gasteiger partial charge in [0, 0.05) is 4.88 Å². The average molecular weight is 360 g/mol. The molecule has 0 atom stereocenters. The quantitative estimate of drug-likeness (QED) is 0.831. The van der Waals surface area contributed by atoms with Gasteiger partial charge in [-0.1, -0.05) is 13.0 Å². The second kappa shape index (κ2) is 7.16. The molecule has 2 N–H and O–H groups in total. The molecule has 0 radical (unpaired) electrons. The first-order chi connectivity index (χ1) is 10.8. The molecule has 0 saturated heterocycles. The lowest BCUT2D eigenvalue weighted by Crippen LogP contribution is -2.32. The number of aryl methyl sites for hydroxylation is 1. The molecular formula is C14H14F2N2O3S2. The molecule has 0 saturated carbocycles. The average Bonchev–Trinajstić information content (AvgIpc) is 2.99. The second-order valence-corrected chi connectivity index (χ2v) is 7.71. The van der Waals surface area contributed by atoms with Gasteiger partial charge in [-0.05, 0) is 30.7 Å². The zero-order valence-electron chi connectivity index (χ0n) is 12.1. The van der Waals surface area contributed by atoms with E-state index in [1.807, 2.05) is 12.2 Å². The summed E-state index contributed by atoms with van der Waals surface area (Å²) in [6, 6.07) is 6.26. The highest BCUT2D eigenvalue weighted by atomic mass is 32.2. The summed E-state index contributed by atoms with van der Waals surface area (Å²) in [4.78, 5) is 12.6. The van der Waals surface area contributed by atoms with E-state index in [1.165, 1.54) is 6.07 Å². The van der Waals surface area contributed by atoms with Crippen LogP contribution >= 0.6 is 11.3 Å². The van der Waals surface area contributed by atoms with Crippen molar-refractivity contribution in [3.63, 3.8) is 0 Å². The second-order valence-electron chi connectivity index (χ2n) is 4.54. The van der Waals surface area contributed by atoms with Crippen LogP contribution in [0.1, 0.15) is 11.8 Å². The topological polar surface area (TPSA) is 75.3 Å². The summed E-state index contributed by atoms with van der Waals surface area (Å²) in [5.41, 5.74) is -0.610. The van der Waals surface area contributed by atoms with E-state index >= 15 is 0 Å². The summed E-state index contributed by atoms with van der Waals surface area (Å²) >= 11 is 1.10. The molecule has 1 aromatic heterocycles. The van der Waals surface area contributed by atoms with Crippen LogP contribution in [0.3, 0.4) is 0 Å². The maximum Gasteiger partial charge on any atom is 0.250 e. The van der Waals surface area contributed by atoms with Crippen molar-refractivity contribution in [2.75, 3.05) is 11.9 Å². The predicted molar refractivity (Wildman–Crippen MR) is 83.9 cm³/mol. The van der Waals surface area contributed by atoms with E-state index in [0.717, 1.165) is 34.4 Å². The minimum absolute atomic E-state index is 0.0826. The van der Waals surface area contributed by atoms with Gasteiger partial charge in [-0.3, -0.25) is 4.79 Å². The minimum atomic E-state index is -3.84. The fourth-order valence-corrected chi connectivity index (χ4v) is 4.05. The number of carbonyl (C=O) groups excluding carboxylic acids is 1. The fourth-order valence-electron chi connectivity index (χ4n) is 1.73. The van der Waals surface area contributed by atoms with Gasteiger partial charge in [0.15, 0.2) is 0 Å². The van der Waals surface area contributed by atoms with Gasteiger partial charge in [0.1, 0.15) is 21.5 Å². The third-order valence-corrected chi connectivity index (χ3v) is 6.02. The summed E-state index contributed by atoms with van der Waals surface area (Å²) < 4.78 is 53.0. The monoisotopic (exact) mass is 360 g/mol. The molecule has 0 aliphatic rings. The molecule has 124 valence electrons. The Morgan fingerprint density at radius 1 is 1.17 bits per heavy atom. The van der Waals surface area contributed by atoms with Crippen LogP contribution in [0.2, 0.25) is 0 Å². The van der Waals surface area contributed by atoms with Gasteiger partial charge >= 0.3 is 0 Å². The van der Waals surface area contributed by atoms with Gasteiger partial charge in [-0.15, -0.1) is 11.3 Å². The molecule has 0 spiro atoms. The van der Waals surface area contributed by atoms with E-state index in [-0.39, 0.29) is 4.21 Å². The van der Waals surface area contributed by atoms with Crippen LogP contribution in [0.15, 0.2) is 34.5 Å². The first-order valence-electron chi connectivity index (χ1n) is 6.65. The van der Waals surface area contributed by atoms with E-state index in [4.69, 9.17) is 0 Å². The van der Waals surface area contributed by atoms with Gasteiger partial charge in [0.2, 0.25) is 5.91 Å². The van der Waals surface area contributed by atoms with Gasteiger partial charge in [-0.2, -0.15) is 0 Å². The van der Waals surface area contributed by atoms with E-state index in [9.17, 15) is 22.0 Å². The van der Waals surface area contributed by atoms with Crippen LogP contribution in [0.25, 0.3) is 0 Å². The maximum atomic E-state index is 13.4. The molecule has 0 bridgehead atoms. The molecular weight excluding hydrogens is 346 g/mol. The van der Waals surface area contributed by atoms with Gasteiger partial charge in [0.25, 0.3) is 10.0 Å². The molecule has 2 rings (SSSR count). The Morgan fingerprint density at radius 2 is 1.83 bits per heavy atom. The van der Waals surface area contributed by atoms with Crippen molar-refractivity contribution in [3.05, 3.63) is 46.8 Å². The summed E-state index contributed by atoms with van der Waals surface area (Å²) in [6.45, 7) is 1.27. The van der Waals surface area contributed by atoms with Gasteiger partial charge in [0.05, 0.1) is 6.54 Å². The highest BCUT2D eigenvalue weighted by Gasteiger charge is 2.19. The Bertz CT molecular complexity index is 799. The molecule has 2 aromatic rings. The summed E-state index contributed by atoms with van der Waals surface area (Å²) in [6.07, 6.45) is 0.702. The van der Waals surface area contributed by atoms with Crippen molar-refractivity contribution in [1.29, 1.82) is 0 Å². The normalized spacial score (nSPS) is 11.4. The van der Waals surface area contributed by atoms with Gasteiger partial charge in [-0.25, -0.2) is 21.9 Å². The number of halogens is 2. The third-order valence-electron chi connectivity index (χ3n) is 2.90. The van der Waals surface area contributed by atoms with Crippen LogP contribution in [0, 0.1) is 11.6 Å². The van der Waals surface area contributed by atoms with E-state index in [0.29, 0.717) is 6.42 Å². The lowest BCUT2D eigenvalue weighted by atomic mass is 10.3. The zero-order chi connectivity index (χ0) is 17.0. The number of thiophene rings is 1. The molecule has 0 unspecified atom stereocenters. The number of benzene rings is 1. The number of anilines is 1. The smallest absolute Gasteiger partial charge is 0.250 e. The lowest BCUT2D eigenvalue weighted by Gasteiger charge is -2.08. The largest absolute Gasteiger partial charge is 0.320 e. The highest BCUT2D eigenvalue weighted by Crippen LogP contribution is 2.21. The van der Waals surface area contributed by atoms with Crippen molar-refractivity contribution in [1.82, 2.24) is 4.72 Å². The van der Waals surface area contributed by atoms with Crippen molar-refractivity contribution in [2.24, 2.45) is 0 Å². The Hall–Kier alpha value is -1.84. The highest BCUT2D eigenvalue weighted by molar-refractivity contribution is 7.91. The van der Waals surface area contributed by atoms with Crippen molar-refractivity contribution < 1.29 is 22.0 Å². The Labute approximate surface area is 136 Å². The van der Waals surface area contributed by atoms with E-state index in [1.54, 1.807) is 6.07 Å². The fraction of sp³-hybridized carbons (Fsp3) is 0.214.